The van der Waals surface area contributed by atoms with Crippen LogP contribution < -0.4 is 10.1 Å². The van der Waals surface area contributed by atoms with Crippen LogP contribution in [0.5, 0.6) is 5.75 Å². The van der Waals surface area contributed by atoms with E-state index in [2.05, 4.69) is 10.5 Å². The normalized spacial score (nSPS) is 10.5. The molecule has 0 spiro atoms. The molecule has 0 aliphatic heterocycles. The molecule has 0 saturated heterocycles. The minimum Gasteiger partial charge on any atom is -0.497 e. The van der Waals surface area contributed by atoms with Crippen molar-refractivity contribution in [2.75, 3.05) is 19.0 Å². The van der Waals surface area contributed by atoms with E-state index in [0.717, 1.165) is 0 Å². The van der Waals surface area contributed by atoms with Crippen LogP contribution in [0.4, 0.5) is 5.69 Å². The summed E-state index contributed by atoms with van der Waals surface area (Å²) in [5, 5.41) is 6.42. The van der Waals surface area contributed by atoms with Gasteiger partial charge in [0.15, 0.2) is 12.4 Å². The van der Waals surface area contributed by atoms with Crippen molar-refractivity contribution in [3.05, 3.63) is 41.3 Å². The summed E-state index contributed by atoms with van der Waals surface area (Å²) in [6.07, 6.45) is 0. The van der Waals surface area contributed by atoms with Crippen molar-refractivity contribution in [1.29, 1.82) is 0 Å². The third kappa shape index (κ3) is 4.13. The second-order valence-corrected chi connectivity index (χ2v) is 5.52. The molecule has 2 rings (SSSR count). The fourth-order valence-corrected chi connectivity index (χ4v) is 2.13. The Labute approximate surface area is 139 Å². The maximum absolute atomic E-state index is 12.2. The average Bonchev–Trinajstić information content (AvgIpc) is 2.94. The number of aromatic nitrogens is 1. The van der Waals surface area contributed by atoms with Gasteiger partial charge in [-0.3, -0.25) is 4.79 Å². The molecule has 1 aromatic heterocycles. The summed E-state index contributed by atoms with van der Waals surface area (Å²) in [6, 6.07) is 6.89. The highest BCUT2D eigenvalue weighted by Crippen LogP contribution is 2.23. The molecule has 0 aliphatic rings. The quantitative estimate of drug-likeness (QED) is 0.818. The summed E-state index contributed by atoms with van der Waals surface area (Å²) in [5.41, 5.74) is 1.27. The first-order valence-corrected chi connectivity index (χ1v) is 7.49. The number of carbonyl (C=O) groups is 2. The first-order chi connectivity index (χ1) is 11.4. The molecule has 0 aliphatic carbocycles. The van der Waals surface area contributed by atoms with E-state index in [-0.39, 0.29) is 11.5 Å². The summed E-state index contributed by atoms with van der Waals surface area (Å²) >= 11 is 0. The van der Waals surface area contributed by atoms with E-state index < -0.39 is 18.5 Å². The number of hydrogen-bond acceptors (Lipinski definition) is 6. The molecule has 0 radical (unpaired) electrons. The Balaban J connectivity index is 1.96. The topological polar surface area (TPSA) is 90.7 Å². The van der Waals surface area contributed by atoms with Crippen molar-refractivity contribution in [2.24, 2.45) is 0 Å². The lowest BCUT2D eigenvalue weighted by Crippen LogP contribution is -2.21. The Bertz CT molecular complexity index is 736. The van der Waals surface area contributed by atoms with Crippen LogP contribution >= 0.6 is 0 Å². The van der Waals surface area contributed by atoms with E-state index in [1.54, 1.807) is 31.2 Å². The molecule has 1 N–H and O–H groups in total. The SMILES string of the molecule is COc1cccc(NC(=O)COC(=O)c2c(C)noc2C(C)C)c1. The third-order valence-electron chi connectivity index (χ3n) is 3.31. The van der Waals surface area contributed by atoms with Crippen LogP contribution in [0.2, 0.25) is 0 Å². The summed E-state index contributed by atoms with van der Waals surface area (Å²) in [5.74, 6) is -0.0217. The van der Waals surface area contributed by atoms with Gasteiger partial charge >= 0.3 is 5.97 Å². The van der Waals surface area contributed by atoms with Crippen LogP contribution in [-0.4, -0.2) is 30.7 Å². The van der Waals surface area contributed by atoms with Gasteiger partial charge in [-0.05, 0) is 19.1 Å². The molecule has 7 heteroatoms. The molecule has 0 unspecified atom stereocenters. The highest BCUT2D eigenvalue weighted by atomic mass is 16.5. The van der Waals surface area contributed by atoms with Crippen LogP contribution in [0.25, 0.3) is 0 Å². The number of nitrogens with one attached hydrogen (secondary N) is 1. The number of rotatable bonds is 6. The first-order valence-electron chi connectivity index (χ1n) is 7.49. The Morgan fingerprint density at radius 1 is 1.33 bits per heavy atom. The zero-order valence-electron chi connectivity index (χ0n) is 14.1. The standard InChI is InChI=1S/C17H20N2O5/c1-10(2)16-15(11(3)19-24-16)17(21)23-9-14(20)18-12-6-5-7-13(8-12)22-4/h5-8,10H,9H2,1-4H3,(H,18,20). The second kappa shape index (κ2) is 7.63. The number of amides is 1. The molecule has 2 aromatic rings. The number of aryl methyl sites for hydroxylation is 1. The van der Waals surface area contributed by atoms with Crippen LogP contribution in [0.3, 0.4) is 0 Å². The van der Waals surface area contributed by atoms with Gasteiger partial charge in [-0.25, -0.2) is 4.79 Å². The molecule has 0 bridgehead atoms. The fraction of sp³-hybridized carbons (Fsp3) is 0.353. The lowest BCUT2D eigenvalue weighted by molar-refractivity contribution is -0.119. The monoisotopic (exact) mass is 332 g/mol. The van der Waals surface area contributed by atoms with E-state index in [1.807, 2.05) is 13.8 Å². The van der Waals surface area contributed by atoms with Crippen molar-refractivity contribution >= 4 is 17.6 Å². The number of methoxy groups -OCH3 is 1. The highest BCUT2D eigenvalue weighted by Gasteiger charge is 2.24. The van der Waals surface area contributed by atoms with Crippen molar-refractivity contribution < 1.29 is 23.6 Å². The van der Waals surface area contributed by atoms with Gasteiger partial charge in [-0.1, -0.05) is 25.1 Å². The number of hydrogen-bond donors (Lipinski definition) is 1. The molecule has 1 amide bonds. The molecule has 1 aromatic carbocycles. The highest BCUT2D eigenvalue weighted by molar-refractivity contribution is 5.96. The van der Waals surface area contributed by atoms with Crippen LogP contribution in [-0.2, 0) is 9.53 Å². The Hall–Kier alpha value is -2.83. The maximum atomic E-state index is 12.2. The van der Waals surface area contributed by atoms with Gasteiger partial charge in [0.25, 0.3) is 5.91 Å². The van der Waals surface area contributed by atoms with E-state index >= 15 is 0 Å². The molecule has 7 nitrogen and oxygen atoms in total. The summed E-state index contributed by atoms with van der Waals surface area (Å²) < 4.78 is 15.3. The molecule has 0 atom stereocenters. The van der Waals surface area contributed by atoms with Gasteiger partial charge in [0.1, 0.15) is 11.3 Å². The van der Waals surface area contributed by atoms with Crippen LogP contribution in [0.15, 0.2) is 28.8 Å². The van der Waals surface area contributed by atoms with Crippen molar-refractivity contribution in [3.8, 4) is 5.75 Å². The molecule has 0 fully saturated rings. The number of ether oxygens (including phenoxy) is 2. The molecular formula is C17H20N2O5. The summed E-state index contributed by atoms with van der Waals surface area (Å²) in [6.45, 7) is 5.01. The zero-order valence-corrected chi connectivity index (χ0v) is 14.1. The molecule has 128 valence electrons. The summed E-state index contributed by atoms with van der Waals surface area (Å²) in [7, 11) is 1.54. The predicted molar refractivity (Wildman–Crippen MR) is 87.2 cm³/mol. The number of anilines is 1. The maximum Gasteiger partial charge on any atom is 0.344 e. The Morgan fingerprint density at radius 3 is 2.75 bits per heavy atom. The molecular weight excluding hydrogens is 312 g/mol. The molecule has 24 heavy (non-hydrogen) atoms. The van der Waals surface area contributed by atoms with Crippen molar-refractivity contribution in [2.45, 2.75) is 26.7 Å². The third-order valence-corrected chi connectivity index (χ3v) is 3.31. The predicted octanol–water partition coefficient (Wildman–Crippen LogP) is 2.91. The number of esters is 1. The Morgan fingerprint density at radius 2 is 2.08 bits per heavy atom. The van der Waals surface area contributed by atoms with Gasteiger partial charge < -0.3 is 19.3 Å². The zero-order chi connectivity index (χ0) is 17.7. The lowest BCUT2D eigenvalue weighted by Gasteiger charge is -2.08. The summed E-state index contributed by atoms with van der Waals surface area (Å²) in [4.78, 5) is 24.1. The minimum absolute atomic E-state index is 0.0145. The first kappa shape index (κ1) is 17.5. The van der Waals surface area contributed by atoms with E-state index in [9.17, 15) is 9.59 Å². The Kier molecular flexibility index (Phi) is 5.57. The van der Waals surface area contributed by atoms with Gasteiger partial charge in [0, 0.05) is 17.7 Å². The van der Waals surface area contributed by atoms with Gasteiger partial charge in [0.05, 0.1) is 12.8 Å². The van der Waals surface area contributed by atoms with Crippen molar-refractivity contribution in [3.63, 3.8) is 0 Å². The van der Waals surface area contributed by atoms with Crippen LogP contribution in [0.1, 0.15) is 41.6 Å². The van der Waals surface area contributed by atoms with Crippen molar-refractivity contribution in [1.82, 2.24) is 5.16 Å². The second-order valence-electron chi connectivity index (χ2n) is 5.52. The largest absolute Gasteiger partial charge is 0.497 e. The van der Waals surface area contributed by atoms with E-state index in [0.29, 0.717) is 22.9 Å². The molecule has 0 saturated carbocycles. The molecule has 1 heterocycles. The van der Waals surface area contributed by atoms with E-state index in [1.165, 1.54) is 7.11 Å². The fourth-order valence-electron chi connectivity index (χ4n) is 2.13. The number of benzene rings is 1. The lowest BCUT2D eigenvalue weighted by atomic mass is 10.1. The smallest absolute Gasteiger partial charge is 0.344 e. The van der Waals surface area contributed by atoms with Crippen LogP contribution in [0, 0.1) is 6.92 Å². The number of nitrogens with zero attached hydrogens (tertiary/aromatic N) is 1. The minimum atomic E-state index is -0.627. The van der Waals surface area contributed by atoms with E-state index in [4.69, 9.17) is 14.0 Å². The average molecular weight is 332 g/mol. The number of carbonyl (C=O) groups excluding carboxylic acids is 2. The van der Waals surface area contributed by atoms with Gasteiger partial charge in [0.2, 0.25) is 0 Å². The van der Waals surface area contributed by atoms with Gasteiger partial charge in [-0.15, -0.1) is 0 Å². The van der Waals surface area contributed by atoms with Gasteiger partial charge in [-0.2, -0.15) is 0 Å².